The van der Waals surface area contributed by atoms with Gasteiger partial charge in [0.05, 0.1) is 27.8 Å². The van der Waals surface area contributed by atoms with Gasteiger partial charge in [-0.2, -0.15) is 5.10 Å². The molecular formula is C20H17N3OS. The lowest BCUT2D eigenvalue weighted by Crippen LogP contribution is -2.33. The van der Waals surface area contributed by atoms with Gasteiger partial charge in [-0.1, -0.05) is 48.5 Å². The van der Waals surface area contributed by atoms with Gasteiger partial charge in [-0.15, -0.1) is 11.3 Å². The number of aromatic nitrogens is 1. The van der Waals surface area contributed by atoms with Crippen molar-refractivity contribution in [3.8, 4) is 5.75 Å². The average molecular weight is 347 g/mol. The second kappa shape index (κ2) is 5.70. The largest absolute Gasteiger partial charge is 0.463 e. The molecule has 0 spiro atoms. The molecule has 0 saturated heterocycles. The Morgan fingerprint density at radius 2 is 1.88 bits per heavy atom. The third kappa shape index (κ3) is 2.35. The molecule has 25 heavy (non-hydrogen) atoms. The summed E-state index contributed by atoms with van der Waals surface area (Å²) in [5.41, 5.74) is 6.38. The Morgan fingerprint density at radius 3 is 2.68 bits per heavy atom. The van der Waals surface area contributed by atoms with E-state index in [1.54, 1.807) is 11.3 Å². The number of nitrogens with zero attached hydrogens (tertiary/aromatic N) is 3. The summed E-state index contributed by atoms with van der Waals surface area (Å²) in [6.45, 7) is 2.03. The van der Waals surface area contributed by atoms with Crippen molar-refractivity contribution in [2.24, 2.45) is 5.10 Å². The van der Waals surface area contributed by atoms with Crippen LogP contribution in [0.25, 0.3) is 0 Å². The van der Waals surface area contributed by atoms with E-state index in [1.165, 1.54) is 11.1 Å². The fourth-order valence-corrected chi connectivity index (χ4v) is 4.38. The highest BCUT2D eigenvalue weighted by molar-refractivity contribution is 7.09. The van der Waals surface area contributed by atoms with Gasteiger partial charge in [-0.3, -0.25) is 0 Å². The van der Waals surface area contributed by atoms with Crippen molar-refractivity contribution in [2.45, 2.75) is 25.6 Å². The van der Waals surface area contributed by atoms with E-state index in [0.29, 0.717) is 0 Å². The van der Waals surface area contributed by atoms with E-state index < -0.39 is 0 Å². The van der Waals surface area contributed by atoms with Gasteiger partial charge in [0.25, 0.3) is 0 Å². The molecule has 2 atom stereocenters. The highest BCUT2D eigenvalue weighted by Crippen LogP contribution is 2.48. The molecule has 0 unspecified atom stereocenters. The van der Waals surface area contributed by atoms with Gasteiger partial charge in [-0.05, 0) is 18.6 Å². The van der Waals surface area contributed by atoms with Crippen LogP contribution in [0.1, 0.15) is 40.4 Å². The summed E-state index contributed by atoms with van der Waals surface area (Å²) >= 11 is 1.63. The number of ether oxygens (including phenoxy) is 1. The predicted octanol–water partition coefficient (Wildman–Crippen LogP) is 4.69. The summed E-state index contributed by atoms with van der Waals surface area (Å²) in [5, 5.41) is 7.08. The van der Waals surface area contributed by atoms with Crippen molar-refractivity contribution in [3.05, 3.63) is 81.8 Å². The molecule has 0 amide bonds. The zero-order valence-corrected chi connectivity index (χ0v) is 14.6. The molecule has 5 rings (SSSR count). The monoisotopic (exact) mass is 347 g/mol. The topological polar surface area (TPSA) is 37.7 Å². The van der Waals surface area contributed by atoms with Gasteiger partial charge < -0.3 is 4.74 Å². The molecule has 2 aromatic carbocycles. The summed E-state index contributed by atoms with van der Waals surface area (Å²) < 4.78 is 6.34. The van der Waals surface area contributed by atoms with Crippen LogP contribution in [0.15, 0.2) is 65.2 Å². The molecule has 0 radical (unpaired) electrons. The summed E-state index contributed by atoms with van der Waals surface area (Å²) in [5.74, 6) is 0.950. The summed E-state index contributed by atoms with van der Waals surface area (Å²) in [7, 11) is 0. The Kier molecular flexibility index (Phi) is 3.35. The summed E-state index contributed by atoms with van der Waals surface area (Å²) in [4.78, 5) is 5.53. The van der Waals surface area contributed by atoms with Crippen LogP contribution in [0.4, 0.5) is 0 Å². The van der Waals surface area contributed by atoms with Crippen molar-refractivity contribution >= 4 is 17.0 Å². The Hall–Kier alpha value is -2.66. The van der Waals surface area contributed by atoms with E-state index in [4.69, 9.17) is 9.84 Å². The van der Waals surface area contributed by atoms with Gasteiger partial charge >= 0.3 is 0 Å². The molecule has 1 aromatic heterocycles. The number of hydrazone groups is 1. The smallest absolute Gasteiger partial charge is 0.224 e. The van der Waals surface area contributed by atoms with Crippen molar-refractivity contribution in [1.29, 1.82) is 0 Å². The minimum Gasteiger partial charge on any atom is -0.463 e. The number of hydrogen-bond acceptors (Lipinski definition) is 5. The number of aryl methyl sites for hydroxylation is 1. The molecule has 4 nitrogen and oxygen atoms in total. The fraction of sp³-hybridized carbons (Fsp3) is 0.200. The Balaban J connectivity index is 1.62. The maximum atomic E-state index is 6.34. The normalized spacial score (nSPS) is 21.3. The van der Waals surface area contributed by atoms with E-state index in [9.17, 15) is 0 Å². The van der Waals surface area contributed by atoms with Crippen LogP contribution in [-0.4, -0.2) is 15.7 Å². The standard InChI is InChI=1S/C20H17N3OS/c1-13-19(25-12-21-13)20-23-17(15-9-5-6-10-18(15)24-20)11-16(22-23)14-7-3-2-4-8-14/h2-10,12,17,20H,11H2,1H3/t17-,20-/m0/s1. The highest BCUT2D eigenvalue weighted by atomic mass is 32.1. The minimum absolute atomic E-state index is 0.201. The first-order chi connectivity index (χ1) is 12.3. The molecule has 5 heteroatoms. The SMILES string of the molecule is Cc1ncsc1[C@@H]1Oc2ccccc2[C@@H]2CC(c3ccccc3)=NN21. The molecule has 0 saturated carbocycles. The Labute approximate surface area is 150 Å². The lowest BCUT2D eigenvalue weighted by molar-refractivity contribution is -0.0171. The molecule has 3 heterocycles. The van der Waals surface area contributed by atoms with Crippen LogP contribution in [0.5, 0.6) is 5.75 Å². The maximum Gasteiger partial charge on any atom is 0.224 e. The first-order valence-corrected chi connectivity index (χ1v) is 9.26. The van der Waals surface area contributed by atoms with Crippen LogP contribution in [0.3, 0.4) is 0 Å². The summed E-state index contributed by atoms with van der Waals surface area (Å²) in [6, 6.07) is 18.9. The Bertz CT molecular complexity index is 950. The zero-order valence-electron chi connectivity index (χ0n) is 13.8. The fourth-order valence-electron chi connectivity index (χ4n) is 3.56. The van der Waals surface area contributed by atoms with Gasteiger partial charge in [-0.25, -0.2) is 9.99 Å². The van der Waals surface area contributed by atoms with Gasteiger partial charge in [0.2, 0.25) is 6.23 Å². The third-order valence-corrected chi connectivity index (χ3v) is 5.77. The highest BCUT2D eigenvalue weighted by Gasteiger charge is 2.41. The molecule has 0 aliphatic carbocycles. The molecule has 2 aliphatic heterocycles. The van der Waals surface area contributed by atoms with E-state index in [0.717, 1.165) is 28.5 Å². The number of thiazole rings is 1. The number of benzene rings is 2. The van der Waals surface area contributed by atoms with Crippen molar-refractivity contribution < 1.29 is 4.74 Å². The second-order valence-corrected chi connectivity index (χ2v) is 7.21. The molecule has 124 valence electrons. The molecular weight excluding hydrogens is 330 g/mol. The van der Waals surface area contributed by atoms with Crippen molar-refractivity contribution in [3.63, 3.8) is 0 Å². The number of rotatable bonds is 2. The molecule has 2 aliphatic rings. The van der Waals surface area contributed by atoms with Crippen molar-refractivity contribution in [1.82, 2.24) is 9.99 Å². The van der Waals surface area contributed by atoms with E-state index in [1.807, 2.05) is 24.6 Å². The van der Waals surface area contributed by atoms with Crippen LogP contribution < -0.4 is 4.74 Å². The maximum absolute atomic E-state index is 6.34. The zero-order chi connectivity index (χ0) is 16.8. The van der Waals surface area contributed by atoms with Gasteiger partial charge in [0, 0.05) is 12.0 Å². The predicted molar refractivity (Wildman–Crippen MR) is 98.8 cm³/mol. The average Bonchev–Trinajstić information content (AvgIpc) is 3.28. The van der Waals surface area contributed by atoms with Crippen LogP contribution in [-0.2, 0) is 0 Å². The van der Waals surface area contributed by atoms with E-state index in [-0.39, 0.29) is 12.3 Å². The number of para-hydroxylation sites is 1. The molecule has 0 fully saturated rings. The van der Waals surface area contributed by atoms with E-state index in [2.05, 4.69) is 52.5 Å². The van der Waals surface area contributed by atoms with Crippen LogP contribution in [0, 0.1) is 6.92 Å². The van der Waals surface area contributed by atoms with Gasteiger partial charge in [0.15, 0.2) is 0 Å². The first-order valence-electron chi connectivity index (χ1n) is 8.38. The van der Waals surface area contributed by atoms with E-state index >= 15 is 0 Å². The number of hydrogen-bond donors (Lipinski definition) is 0. The quantitative estimate of drug-likeness (QED) is 0.675. The third-order valence-electron chi connectivity index (χ3n) is 4.81. The lowest BCUT2D eigenvalue weighted by Gasteiger charge is -2.37. The Morgan fingerprint density at radius 1 is 1.08 bits per heavy atom. The van der Waals surface area contributed by atoms with Gasteiger partial charge in [0.1, 0.15) is 5.75 Å². The molecule has 0 N–H and O–H groups in total. The molecule has 3 aromatic rings. The van der Waals surface area contributed by atoms with Crippen molar-refractivity contribution in [2.75, 3.05) is 0 Å². The summed E-state index contributed by atoms with van der Waals surface area (Å²) in [6.07, 6.45) is 0.673. The second-order valence-electron chi connectivity index (χ2n) is 6.32. The number of fused-ring (bicyclic) bond motifs is 3. The molecule has 0 bridgehead atoms. The van der Waals surface area contributed by atoms with Crippen LogP contribution >= 0.6 is 11.3 Å². The lowest BCUT2D eigenvalue weighted by atomic mass is 9.96. The first kappa shape index (κ1) is 14.7. The van der Waals surface area contributed by atoms with Crippen LogP contribution in [0.2, 0.25) is 0 Å². The minimum atomic E-state index is -0.214.